The Morgan fingerprint density at radius 1 is 1.00 bits per heavy atom. The van der Waals surface area contributed by atoms with E-state index in [4.69, 9.17) is 19.7 Å². The molecule has 2 bridgehead atoms. The predicted molar refractivity (Wildman–Crippen MR) is 135 cm³/mol. The second kappa shape index (κ2) is 8.52. The van der Waals surface area contributed by atoms with Gasteiger partial charge in [0, 0.05) is 30.5 Å². The van der Waals surface area contributed by atoms with Crippen molar-refractivity contribution < 1.29 is 4.74 Å². The Bertz CT molecular complexity index is 1350. The maximum absolute atomic E-state index is 5.91. The number of nitrogens with zero attached hydrogens (tertiary/aromatic N) is 4. The molecule has 0 amide bonds. The first-order chi connectivity index (χ1) is 17.3. The van der Waals surface area contributed by atoms with Gasteiger partial charge in [-0.25, -0.2) is 15.0 Å². The van der Waals surface area contributed by atoms with Crippen LogP contribution < -0.4 is 10.6 Å². The molecule has 0 spiro atoms. The summed E-state index contributed by atoms with van der Waals surface area (Å²) in [7, 11) is 0. The van der Waals surface area contributed by atoms with Crippen molar-refractivity contribution in [3.05, 3.63) is 78.1 Å². The van der Waals surface area contributed by atoms with Crippen LogP contribution in [-0.4, -0.2) is 45.3 Å². The number of aromatic nitrogens is 4. The van der Waals surface area contributed by atoms with Gasteiger partial charge in [-0.2, -0.15) is 0 Å². The third-order valence-electron chi connectivity index (χ3n) is 7.91. The van der Waals surface area contributed by atoms with E-state index < -0.39 is 0 Å². The molecule has 4 aromatic rings. The number of piperidine rings is 1. The summed E-state index contributed by atoms with van der Waals surface area (Å²) in [5.74, 6) is 1.88. The molecule has 2 aromatic carbocycles. The third-order valence-corrected chi connectivity index (χ3v) is 7.91. The third kappa shape index (κ3) is 3.66. The summed E-state index contributed by atoms with van der Waals surface area (Å²) in [5, 5.41) is 7.47. The van der Waals surface area contributed by atoms with Crippen LogP contribution in [0.25, 0.3) is 22.2 Å². The molecule has 2 fully saturated rings. The van der Waals surface area contributed by atoms with Crippen LogP contribution in [0.1, 0.15) is 48.9 Å². The summed E-state index contributed by atoms with van der Waals surface area (Å²) < 4.78 is 8.25. The van der Waals surface area contributed by atoms with Gasteiger partial charge in [0.15, 0.2) is 0 Å². The molecule has 0 aliphatic carbocycles. The lowest BCUT2D eigenvalue weighted by Crippen LogP contribution is -2.54. The lowest BCUT2D eigenvalue weighted by Gasteiger charge is -2.39. The summed E-state index contributed by atoms with van der Waals surface area (Å²) in [4.78, 5) is 14.7. The first kappa shape index (κ1) is 21.2. The van der Waals surface area contributed by atoms with Crippen LogP contribution >= 0.6 is 0 Å². The molecule has 7 heteroatoms. The van der Waals surface area contributed by atoms with Crippen molar-refractivity contribution in [1.29, 1.82) is 0 Å². The van der Waals surface area contributed by atoms with Gasteiger partial charge in [-0.1, -0.05) is 36.4 Å². The zero-order chi connectivity index (χ0) is 23.2. The molecular weight excluding hydrogens is 436 g/mol. The molecule has 2 N–H and O–H groups in total. The number of imidazole rings is 1. The van der Waals surface area contributed by atoms with Crippen LogP contribution in [0, 0.1) is 0 Å². The van der Waals surface area contributed by atoms with Crippen LogP contribution in [0.4, 0.5) is 0 Å². The highest BCUT2D eigenvalue weighted by Crippen LogP contribution is 2.34. The van der Waals surface area contributed by atoms with Gasteiger partial charge in [0.1, 0.15) is 18.3 Å². The summed E-state index contributed by atoms with van der Waals surface area (Å²) in [6.45, 7) is 3.13. The Morgan fingerprint density at radius 3 is 2.77 bits per heavy atom. The fraction of sp³-hybridized carbons (Fsp3) is 0.393. The van der Waals surface area contributed by atoms with E-state index in [1.807, 2.05) is 12.4 Å². The van der Waals surface area contributed by atoms with Crippen molar-refractivity contribution in [3.8, 4) is 11.1 Å². The molecule has 3 aliphatic heterocycles. The quantitative estimate of drug-likeness (QED) is 0.476. The smallest absolute Gasteiger partial charge is 0.149 e. The van der Waals surface area contributed by atoms with E-state index in [2.05, 4.69) is 63.7 Å². The zero-order valence-electron chi connectivity index (χ0n) is 19.8. The van der Waals surface area contributed by atoms with Crippen LogP contribution in [-0.2, 0) is 16.9 Å². The van der Waals surface area contributed by atoms with Crippen molar-refractivity contribution in [2.75, 3.05) is 19.7 Å². The topological polar surface area (TPSA) is 76.9 Å². The van der Waals surface area contributed by atoms with E-state index in [0.717, 1.165) is 53.3 Å². The minimum Gasteiger partial charge on any atom is -0.371 e. The SMILES string of the molecule is c1ccc([C@H]2COCc3nc4ccc(-c5cnc([C@@]67CCC[C@@H](CCNC6)N7)nc5)cc4n32)cc1. The summed E-state index contributed by atoms with van der Waals surface area (Å²) >= 11 is 0. The average Bonchev–Trinajstić information content (AvgIpc) is 3.22. The molecule has 35 heavy (non-hydrogen) atoms. The maximum atomic E-state index is 5.91. The lowest BCUT2D eigenvalue weighted by molar-refractivity contribution is 0.0679. The monoisotopic (exact) mass is 466 g/mol. The molecule has 178 valence electrons. The van der Waals surface area contributed by atoms with Crippen LogP contribution in [0.15, 0.2) is 60.9 Å². The van der Waals surface area contributed by atoms with E-state index in [9.17, 15) is 0 Å². The first-order valence-electron chi connectivity index (χ1n) is 12.7. The largest absolute Gasteiger partial charge is 0.371 e. The van der Waals surface area contributed by atoms with Gasteiger partial charge in [-0.3, -0.25) is 0 Å². The van der Waals surface area contributed by atoms with Crippen molar-refractivity contribution in [3.63, 3.8) is 0 Å². The number of hydrogen-bond acceptors (Lipinski definition) is 6. The second-order valence-electron chi connectivity index (χ2n) is 10.1. The van der Waals surface area contributed by atoms with Crippen molar-refractivity contribution in [2.45, 2.75) is 49.9 Å². The van der Waals surface area contributed by atoms with Gasteiger partial charge < -0.3 is 19.9 Å². The Kier molecular flexibility index (Phi) is 5.15. The van der Waals surface area contributed by atoms with E-state index in [1.54, 1.807) is 0 Å². The van der Waals surface area contributed by atoms with Crippen molar-refractivity contribution in [2.24, 2.45) is 0 Å². The second-order valence-corrected chi connectivity index (χ2v) is 10.1. The number of benzene rings is 2. The Morgan fingerprint density at radius 2 is 1.89 bits per heavy atom. The molecule has 7 rings (SSSR count). The van der Waals surface area contributed by atoms with Crippen LogP contribution in [0.3, 0.4) is 0 Å². The maximum Gasteiger partial charge on any atom is 0.149 e. The molecule has 5 heterocycles. The fourth-order valence-electron chi connectivity index (χ4n) is 6.13. The molecule has 7 nitrogen and oxygen atoms in total. The fourth-order valence-corrected chi connectivity index (χ4v) is 6.13. The number of hydrogen-bond donors (Lipinski definition) is 2. The van der Waals surface area contributed by atoms with E-state index in [0.29, 0.717) is 19.3 Å². The number of ether oxygens (including phenoxy) is 1. The summed E-state index contributed by atoms with van der Waals surface area (Å²) in [5.41, 5.74) is 5.34. The predicted octanol–water partition coefficient (Wildman–Crippen LogP) is 3.94. The molecule has 2 aromatic heterocycles. The standard InChI is InChI=1S/C28H30N6O/c1-2-5-19(6-3-1)25-16-35-17-26-32-23-9-8-20(13-24(23)34(25)26)21-14-30-27(31-15-21)28-11-4-7-22(33-28)10-12-29-18-28/h1-3,5-6,8-9,13-15,22,25,29,33H,4,7,10-12,16-18H2/t22-,25+,28+/m0/s1. The molecular formula is C28H30N6O. The van der Waals surface area contributed by atoms with Crippen molar-refractivity contribution in [1.82, 2.24) is 30.2 Å². The van der Waals surface area contributed by atoms with Gasteiger partial charge >= 0.3 is 0 Å². The Hall–Kier alpha value is -3.13. The van der Waals surface area contributed by atoms with Crippen molar-refractivity contribution >= 4 is 11.0 Å². The van der Waals surface area contributed by atoms with Gasteiger partial charge in [-0.15, -0.1) is 0 Å². The molecule has 0 radical (unpaired) electrons. The molecule has 3 aliphatic rings. The van der Waals surface area contributed by atoms with Gasteiger partial charge in [0.25, 0.3) is 0 Å². The minimum atomic E-state index is -0.157. The Balaban J connectivity index is 1.25. The summed E-state index contributed by atoms with van der Waals surface area (Å²) in [6.07, 6.45) is 8.68. The van der Waals surface area contributed by atoms with E-state index in [1.165, 1.54) is 24.8 Å². The molecule has 2 saturated heterocycles. The molecule has 0 saturated carbocycles. The molecule has 3 atom stereocenters. The number of rotatable bonds is 3. The zero-order valence-corrected chi connectivity index (χ0v) is 19.8. The van der Waals surface area contributed by atoms with Gasteiger partial charge in [0.05, 0.1) is 29.2 Å². The summed E-state index contributed by atoms with van der Waals surface area (Å²) in [6, 6.07) is 17.7. The first-order valence-corrected chi connectivity index (χ1v) is 12.7. The molecule has 0 unspecified atom stereocenters. The lowest BCUT2D eigenvalue weighted by atomic mass is 9.85. The number of fused-ring (bicyclic) bond motifs is 5. The Labute approximate surface area is 205 Å². The van der Waals surface area contributed by atoms with Gasteiger partial charge in [-0.05, 0) is 55.5 Å². The number of nitrogens with one attached hydrogen (secondary N) is 2. The van der Waals surface area contributed by atoms with Crippen LogP contribution in [0.5, 0.6) is 0 Å². The highest BCUT2D eigenvalue weighted by atomic mass is 16.5. The average molecular weight is 467 g/mol. The van der Waals surface area contributed by atoms with Crippen LogP contribution in [0.2, 0.25) is 0 Å². The van der Waals surface area contributed by atoms with E-state index in [-0.39, 0.29) is 11.6 Å². The minimum absolute atomic E-state index is 0.117. The van der Waals surface area contributed by atoms with E-state index >= 15 is 0 Å². The van der Waals surface area contributed by atoms with Gasteiger partial charge in [0.2, 0.25) is 0 Å². The highest BCUT2D eigenvalue weighted by Gasteiger charge is 2.40. The highest BCUT2D eigenvalue weighted by molar-refractivity contribution is 5.82. The normalized spacial score (nSPS) is 26.3.